The highest BCUT2D eigenvalue weighted by Crippen LogP contribution is 2.35. The Labute approximate surface area is 120 Å². The number of hydrogen-bond acceptors (Lipinski definition) is 4. The maximum Gasteiger partial charge on any atom is 0.312 e. The standard InChI is InChI=1S/C12H13Cl2NO4/c1-3-7(2)11(16)6-19-12-5-9(14)8(13)4-10(12)15(17)18/h4-5,7H,3,6H2,1-2H3. The molecule has 5 nitrogen and oxygen atoms in total. The molecule has 0 amide bonds. The average molecular weight is 306 g/mol. The van der Waals surface area contributed by atoms with Gasteiger partial charge in [-0.05, 0) is 6.42 Å². The molecular weight excluding hydrogens is 293 g/mol. The van der Waals surface area contributed by atoms with Crippen molar-refractivity contribution in [2.24, 2.45) is 5.92 Å². The van der Waals surface area contributed by atoms with Crippen molar-refractivity contribution in [3.05, 3.63) is 32.3 Å². The van der Waals surface area contributed by atoms with Crippen LogP contribution in [0.2, 0.25) is 10.0 Å². The third-order valence-electron chi connectivity index (χ3n) is 2.73. The summed E-state index contributed by atoms with van der Waals surface area (Å²) in [6, 6.07) is 2.35. The number of nitro benzene ring substituents is 1. The molecule has 0 aliphatic rings. The minimum atomic E-state index is -0.634. The first-order chi connectivity index (χ1) is 8.86. The smallest absolute Gasteiger partial charge is 0.312 e. The van der Waals surface area contributed by atoms with Crippen LogP contribution in [0.15, 0.2) is 12.1 Å². The highest BCUT2D eigenvalue weighted by atomic mass is 35.5. The van der Waals surface area contributed by atoms with Crippen LogP contribution in [-0.2, 0) is 4.79 Å². The molecule has 1 aromatic carbocycles. The Bertz CT molecular complexity index is 505. The van der Waals surface area contributed by atoms with Gasteiger partial charge in [-0.15, -0.1) is 0 Å². The molecule has 0 N–H and O–H groups in total. The molecule has 0 aromatic heterocycles. The van der Waals surface area contributed by atoms with Crippen LogP contribution in [0, 0.1) is 16.0 Å². The molecule has 0 saturated carbocycles. The first-order valence-electron chi connectivity index (χ1n) is 5.65. The highest BCUT2D eigenvalue weighted by molar-refractivity contribution is 6.42. The Morgan fingerprint density at radius 1 is 1.42 bits per heavy atom. The van der Waals surface area contributed by atoms with Crippen LogP contribution < -0.4 is 4.74 Å². The lowest BCUT2D eigenvalue weighted by Gasteiger charge is -2.10. The van der Waals surface area contributed by atoms with Crippen molar-refractivity contribution in [2.75, 3.05) is 6.61 Å². The van der Waals surface area contributed by atoms with E-state index in [0.717, 1.165) is 6.07 Å². The molecular formula is C12H13Cl2NO4. The second kappa shape index (κ2) is 6.73. The summed E-state index contributed by atoms with van der Waals surface area (Å²) in [4.78, 5) is 21.9. The summed E-state index contributed by atoms with van der Waals surface area (Å²) in [5, 5.41) is 11.1. The molecule has 19 heavy (non-hydrogen) atoms. The van der Waals surface area contributed by atoms with Crippen molar-refractivity contribution in [3.63, 3.8) is 0 Å². The number of hydrogen-bond donors (Lipinski definition) is 0. The van der Waals surface area contributed by atoms with E-state index in [1.165, 1.54) is 6.07 Å². The Kier molecular flexibility index (Phi) is 5.57. The monoisotopic (exact) mass is 305 g/mol. The number of nitrogens with zero attached hydrogens (tertiary/aromatic N) is 1. The van der Waals surface area contributed by atoms with E-state index < -0.39 is 4.92 Å². The molecule has 1 aromatic rings. The van der Waals surface area contributed by atoms with Crippen LogP contribution >= 0.6 is 23.2 Å². The molecule has 0 saturated heterocycles. The van der Waals surface area contributed by atoms with Gasteiger partial charge in [0.25, 0.3) is 0 Å². The van der Waals surface area contributed by atoms with Gasteiger partial charge >= 0.3 is 5.69 Å². The maximum absolute atomic E-state index is 11.6. The average Bonchev–Trinajstić information content (AvgIpc) is 2.37. The fourth-order valence-electron chi connectivity index (χ4n) is 1.30. The van der Waals surface area contributed by atoms with E-state index in [-0.39, 0.29) is 39.8 Å². The Morgan fingerprint density at radius 2 is 2.00 bits per heavy atom. The minimum absolute atomic E-state index is 0.0592. The lowest BCUT2D eigenvalue weighted by atomic mass is 10.0. The van der Waals surface area contributed by atoms with E-state index in [1.54, 1.807) is 6.92 Å². The van der Waals surface area contributed by atoms with Crippen molar-refractivity contribution >= 4 is 34.7 Å². The quantitative estimate of drug-likeness (QED) is 0.590. The third kappa shape index (κ3) is 4.08. The number of rotatable bonds is 6. The van der Waals surface area contributed by atoms with Crippen molar-refractivity contribution in [1.29, 1.82) is 0 Å². The third-order valence-corrected chi connectivity index (χ3v) is 3.45. The number of carbonyl (C=O) groups is 1. The van der Waals surface area contributed by atoms with Crippen molar-refractivity contribution in [3.8, 4) is 5.75 Å². The SMILES string of the molecule is CCC(C)C(=O)COc1cc(Cl)c(Cl)cc1[N+](=O)[O-]. The first-order valence-corrected chi connectivity index (χ1v) is 6.41. The van der Waals surface area contributed by atoms with Gasteiger partial charge in [0.05, 0.1) is 15.0 Å². The fraction of sp³-hybridized carbons (Fsp3) is 0.417. The first kappa shape index (κ1) is 15.7. The van der Waals surface area contributed by atoms with Crippen LogP contribution in [0.3, 0.4) is 0 Å². The second-order valence-electron chi connectivity index (χ2n) is 4.06. The number of ether oxygens (including phenoxy) is 1. The molecule has 0 spiro atoms. The molecule has 0 aliphatic heterocycles. The number of nitro groups is 1. The van der Waals surface area contributed by atoms with Gasteiger partial charge in [0.1, 0.15) is 6.61 Å². The molecule has 7 heteroatoms. The molecule has 0 radical (unpaired) electrons. The number of halogens is 2. The summed E-state index contributed by atoms with van der Waals surface area (Å²) in [6.45, 7) is 3.42. The largest absolute Gasteiger partial charge is 0.479 e. The molecule has 1 unspecified atom stereocenters. The van der Waals surface area contributed by atoms with Gasteiger partial charge in [0, 0.05) is 18.1 Å². The zero-order valence-corrected chi connectivity index (χ0v) is 12.0. The van der Waals surface area contributed by atoms with Gasteiger partial charge in [-0.2, -0.15) is 0 Å². The predicted molar refractivity (Wildman–Crippen MR) is 73.1 cm³/mol. The van der Waals surface area contributed by atoms with E-state index in [9.17, 15) is 14.9 Å². The Morgan fingerprint density at radius 3 is 2.53 bits per heavy atom. The van der Waals surface area contributed by atoms with E-state index in [2.05, 4.69) is 0 Å². The molecule has 0 heterocycles. The van der Waals surface area contributed by atoms with Crippen LogP contribution in [0.1, 0.15) is 20.3 Å². The van der Waals surface area contributed by atoms with Crippen LogP contribution in [0.5, 0.6) is 5.75 Å². The van der Waals surface area contributed by atoms with Gasteiger partial charge in [-0.25, -0.2) is 0 Å². The van der Waals surface area contributed by atoms with Gasteiger partial charge < -0.3 is 4.74 Å². The molecule has 0 fully saturated rings. The maximum atomic E-state index is 11.6. The fourth-order valence-corrected chi connectivity index (χ4v) is 1.61. The second-order valence-corrected chi connectivity index (χ2v) is 4.87. The topological polar surface area (TPSA) is 69.4 Å². The number of ketones is 1. The summed E-state index contributed by atoms with van der Waals surface area (Å²) < 4.78 is 5.18. The molecule has 0 aliphatic carbocycles. The van der Waals surface area contributed by atoms with Crippen LogP contribution in [0.25, 0.3) is 0 Å². The lowest BCUT2D eigenvalue weighted by Crippen LogP contribution is -2.19. The summed E-state index contributed by atoms with van der Waals surface area (Å²) in [5.74, 6) is -0.333. The molecule has 0 bridgehead atoms. The van der Waals surface area contributed by atoms with Crippen molar-refractivity contribution in [2.45, 2.75) is 20.3 Å². The zero-order valence-electron chi connectivity index (χ0n) is 10.5. The highest BCUT2D eigenvalue weighted by Gasteiger charge is 2.20. The lowest BCUT2D eigenvalue weighted by molar-refractivity contribution is -0.385. The normalized spacial score (nSPS) is 12.0. The summed E-state index contributed by atoms with van der Waals surface area (Å²) in [5.41, 5.74) is -0.314. The van der Waals surface area contributed by atoms with Gasteiger partial charge in [-0.1, -0.05) is 37.0 Å². The summed E-state index contributed by atoms with van der Waals surface area (Å²) >= 11 is 11.5. The molecule has 1 rings (SSSR count). The van der Waals surface area contributed by atoms with Crippen LogP contribution in [0.4, 0.5) is 5.69 Å². The Hall–Kier alpha value is -1.33. The minimum Gasteiger partial charge on any atom is -0.479 e. The Balaban J connectivity index is 2.91. The van der Waals surface area contributed by atoms with Crippen molar-refractivity contribution < 1.29 is 14.5 Å². The number of carbonyl (C=O) groups excluding carboxylic acids is 1. The van der Waals surface area contributed by atoms with E-state index in [0.29, 0.717) is 6.42 Å². The predicted octanol–water partition coefficient (Wildman–Crippen LogP) is 3.90. The summed E-state index contributed by atoms with van der Waals surface area (Å²) in [6.07, 6.45) is 0.686. The van der Waals surface area contributed by atoms with E-state index in [4.69, 9.17) is 27.9 Å². The summed E-state index contributed by atoms with van der Waals surface area (Å²) in [7, 11) is 0. The molecule has 1 atom stereocenters. The number of benzene rings is 1. The molecule has 104 valence electrons. The zero-order chi connectivity index (χ0) is 14.6. The van der Waals surface area contributed by atoms with E-state index in [1.807, 2.05) is 6.92 Å². The van der Waals surface area contributed by atoms with Crippen LogP contribution in [-0.4, -0.2) is 17.3 Å². The van der Waals surface area contributed by atoms with Gasteiger partial charge in [0.15, 0.2) is 11.5 Å². The van der Waals surface area contributed by atoms with Gasteiger partial charge in [0.2, 0.25) is 0 Å². The van der Waals surface area contributed by atoms with Crippen molar-refractivity contribution in [1.82, 2.24) is 0 Å². The van der Waals surface area contributed by atoms with Gasteiger partial charge in [-0.3, -0.25) is 14.9 Å². The number of Topliss-reactive ketones (excluding diaryl/α,β-unsaturated/α-hetero) is 1. The van der Waals surface area contributed by atoms with E-state index >= 15 is 0 Å².